The Bertz CT molecular complexity index is 346. The Hall–Kier alpha value is -1.51. The molecule has 1 rings (SSSR count). The number of hydrogen-bond donors (Lipinski definition) is 1. The minimum Gasteiger partial charge on any atom is -0.467 e. The van der Waals surface area contributed by atoms with Crippen molar-refractivity contribution >= 4 is 11.7 Å². The maximum atomic E-state index is 11.6. The van der Waals surface area contributed by atoms with Crippen LogP contribution in [-0.4, -0.2) is 19.1 Å². The van der Waals surface area contributed by atoms with Gasteiger partial charge in [0.1, 0.15) is 6.04 Å². The van der Waals surface area contributed by atoms with Crippen LogP contribution in [0.1, 0.15) is 31.7 Å². The average molecular weight is 235 g/mol. The van der Waals surface area contributed by atoms with Crippen LogP contribution >= 0.6 is 0 Å². The lowest BCUT2D eigenvalue weighted by Crippen LogP contribution is -2.30. The molecule has 94 valence electrons. The molecule has 0 spiro atoms. The third kappa shape index (κ3) is 4.47. The number of anilines is 1. The smallest absolute Gasteiger partial charge is 0.328 e. The van der Waals surface area contributed by atoms with Gasteiger partial charge < -0.3 is 10.1 Å². The molecule has 0 saturated carbocycles. The van der Waals surface area contributed by atoms with Crippen molar-refractivity contribution in [3.05, 3.63) is 29.8 Å². The van der Waals surface area contributed by atoms with Gasteiger partial charge in [0, 0.05) is 5.69 Å². The molecular formula is C14H21NO2. The van der Waals surface area contributed by atoms with Crippen molar-refractivity contribution in [3.63, 3.8) is 0 Å². The molecule has 0 heterocycles. The van der Waals surface area contributed by atoms with Gasteiger partial charge in [0.2, 0.25) is 0 Å². The Kier molecular flexibility index (Phi) is 5.53. The van der Waals surface area contributed by atoms with E-state index in [0.29, 0.717) is 0 Å². The zero-order chi connectivity index (χ0) is 12.7. The Morgan fingerprint density at radius 2 is 2.00 bits per heavy atom. The highest BCUT2D eigenvalue weighted by Gasteiger charge is 2.17. The van der Waals surface area contributed by atoms with Crippen LogP contribution in [0.15, 0.2) is 24.3 Å². The number of carbonyl (C=O) groups excluding carboxylic acids is 1. The summed E-state index contributed by atoms with van der Waals surface area (Å²) < 4.78 is 4.80. The van der Waals surface area contributed by atoms with Crippen molar-refractivity contribution in [3.8, 4) is 0 Å². The van der Waals surface area contributed by atoms with Gasteiger partial charge in [-0.25, -0.2) is 4.79 Å². The second kappa shape index (κ2) is 6.94. The molecule has 0 bridgehead atoms. The van der Waals surface area contributed by atoms with E-state index in [2.05, 4.69) is 12.2 Å². The van der Waals surface area contributed by atoms with Crippen LogP contribution in [0.5, 0.6) is 0 Å². The monoisotopic (exact) mass is 235 g/mol. The highest BCUT2D eigenvalue weighted by molar-refractivity contribution is 5.79. The SMILES string of the molecule is CCCCC(Nc1ccc(C)cc1)C(=O)OC. The maximum Gasteiger partial charge on any atom is 0.328 e. The van der Waals surface area contributed by atoms with Gasteiger partial charge in [0.25, 0.3) is 0 Å². The number of carbonyl (C=O) groups is 1. The lowest BCUT2D eigenvalue weighted by Gasteiger charge is -2.17. The van der Waals surface area contributed by atoms with Gasteiger partial charge in [-0.15, -0.1) is 0 Å². The molecule has 0 aliphatic carbocycles. The molecule has 1 N–H and O–H groups in total. The van der Waals surface area contributed by atoms with E-state index in [4.69, 9.17) is 4.74 Å². The second-order valence-electron chi connectivity index (χ2n) is 4.23. The van der Waals surface area contributed by atoms with Crippen LogP contribution in [0.3, 0.4) is 0 Å². The zero-order valence-electron chi connectivity index (χ0n) is 10.8. The number of hydrogen-bond acceptors (Lipinski definition) is 3. The summed E-state index contributed by atoms with van der Waals surface area (Å²) >= 11 is 0. The molecule has 1 aromatic carbocycles. The average Bonchev–Trinajstić information content (AvgIpc) is 2.36. The van der Waals surface area contributed by atoms with Crippen LogP contribution in [0.2, 0.25) is 0 Å². The Morgan fingerprint density at radius 3 is 2.53 bits per heavy atom. The number of nitrogens with one attached hydrogen (secondary N) is 1. The molecule has 0 fully saturated rings. The van der Waals surface area contributed by atoms with Gasteiger partial charge in [-0.1, -0.05) is 37.5 Å². The lowest BCUT2D eigenvalue weighted by molar-refractivity contribution is -0.141. The fourth-order valence-corrected chi connectivity index (χ4v) is 1.65. The van der Waals surface area contributed by atoms with Crippen molar-refractivity contribution in [2.24, 2.45) is 0 Å². The van der Waals surface area contributed by atoms with Crippen LogP contribution in [-0.2, 0) is 9.53 Å². The second-order valence-corrected chi connectivity index (χ2v) is 4.23. The zero-order valence-corrected chi connectivity index (χ0v) is 10.8. The van der Waals surface area contributed by atoms with Gasteiger partial charge in [-0.3, -0.25) is 0 Å². The van der Waals surface area contributed by atoms with E-state index in [9.17, 15) is 4.79 Å². The molecule has 0 saturated heterocycles. The molecule has 3 nitrogen and oxygen atoms in total. The summed E-state index contributed by atoms with van der Waals surface area (Å²) in [5.74, 6) is -0.195. The first-order chi connectivity index (χ1) is 8.17. The molecule has 0 aliphatic rings. The molecule has 1 aromatic rings. The van der Waals surface area contributed by atoms with Crippen molar-refractivity contribution in [1.29, 1.82) is 0 Å². The molecule has 0 aliphatic heterocycles. The standard InChI is InChI=1S/C14H21NO2/c1-4-5-6-13(14(16)17-3)15-12-9-7-11(2)8-10-12/h7-10,13,15H,4-6H2,1-3H3. The number of esters is 1. The number of rotatable bonds is 6. The van der Waals surface area contributed by atoms with E-state index in [1.165, 1.54) is 12.7 Å². The van der Waals surface area contributed by atoms with Crippen molar-refractivity contribution in [2.75, 3.05) is 12.4 Å². The quantitative estimate of drug-likeness (QED) is 0.770. The topological polar surface area (TPSA) is 38.3 Å². The van der Waals surface area contributed by atoms with Crippen LogP contribution in [0, 0.1) is 6.92 Å². The lowest BCUT2D eigenvalue weighted by atomic mass is 10.1. The third-order valence-electron chi connectivity index (χ3n) is 2.72. The molecule has 3 heteroatoms. The first kappa shape index (κ1) is 13.6. The summed E-state index contributed by atoms with van der Waals surface area (Å²) in [6.07, 6.45) is 2.89. The van der Waals surface area contributed by atoms with E-state index in [1.54, 1.807) is 0 Å². The summed E-state index contributed by atoms with van der Waals surface area (Å²) in [5, 5.41) is 3.22. The molecular weight excluding hydrogens is 214 g/mol. The summed E-state index contributed by atoms with van der Waals surface area (Å²) in [7, 11) is 1.43. The van der Waals surface area contributed by atoms with E-state index < -0.39 is 0 Å². The first-order valence-corrected chi connectivity index (χ1v) is 6.08. The van der Waals surface area contributed by atoms with Gasteiger partial charge in [-0.05, 0) is 25.5 Å². The predicted octanol–water partition coefficient (Wildman–Crippen LogP) is 3.14. The van der Waals surface area contributed by atoms with Gasteiger partial charge in [0.05, 0.1) is 7.11 Å². The molecule has 0 radical (unpaired) electrons. The normalized spacial score (nSPS) is 11.9. The van der Waals surface area contributed by atoms with Crippen LogP contribution in [0.4, 0.5) is 5.69 Å². The minimum absolute atomic E-state index is 0.195. The fourth-order valence-electron chi connectivity index (χ4n) is 1.65. The number of ether oxygens (including phenoxy) is 1. The van der Waals surface area contributed by atoms with Crippen molar-refractivity contribution in [1.82, 2.24) is 0 Å². The fraction of sp³-hybridized carbons (Fsp3) is 0.500. The van der Waals surface area contributed by atoms with E-state index in [1.807, 2.05) is 31.2 Å². The van der Waals surface area contributed by atoms with Gasteiger partial charge in [0.15, 0.2) is 0 Å². The Labute approximate surface area is 103 Å². The highest BCUT2D eigenvalue weighted by atomic mass is 16.5. The van der Waals surface area contributed by atoms with E-state index in [-0.39, 0.29) is 12.0 Å². The van der Waals surface area contributed by atoms with Crippen molar-refractivity contribution in [2.45, 2.75) is 39.2 Å². The van der Waals surface area contributed by atoms with E-state index >= 15 is 0 Å². The van der Waals surface area contributed by atoms with Gasteiger partial charge >= 0.3 is 5.97 Å². The minimum atomic E-state index is -0.248. The predicted molar refractivity (Wildman–Crippen MR) is 70.1 cm³/mol. The number of benzene rings is 1. The Morgan fingerprint density at radius 1 is 1.35 bits per heavy atom. The van der Waals surface area contributed by atoms with Crippen LogP contribution < -0.4 is 5.32 Å². The molecule has 1 unspecified atom stereocenters. The summed E-state index contributed by atoms with van der Waals surface area (Å²) in [4.78, 5) is 11.6. The third-order valence-corrected chi connectivity index (χ3v) is 2.72. The molecule has 0 aromatic heterocycles. The van der Waals surface area contributed by atoms with Gasteiger partial charge in [-0.2, -0.15) is 0 Å². The van der Waals surface area contributed by atoms with Crippen molar-refractivity contribution < 1.29 is 9.53 Å². The molecule has 0 amide bonds. The number of aryl methyl sites for hydroxylation is 1. The van der Waals surface area contributed by atoms with Crippen LogP contribution in [0.25, 0.3) is 0 Å². The largest absolute Gasteiger partial charge is 0.467 e. The maximum absolute atomic E-state index is 11.6. The number of methoxy groups -OCH3 is 1. The highest BCUT2D eigenvalue weighted by Crippen LogP contribution is 2.13. The first-order valence-electron chi connectivity index (χ1n) is 6.08. The number of unbranched alkanes of at least 4 members (excludes halogenated alkanes) is 1. The Balaban J connectivity index is 2.64. The molecule has 17 heavy (non-hydrogen) atoms. The summed E-state index contributed by atoms with van der Waals surface area (Å²) in [6, 6.07) is 7.77. The molecule has 1 atom stereocenters. The van der Waals surface area contributed by atoms with E-state index in [0.717, 1.165) is 24.9 Å². The summed E-state index contributed by atoms with van der Waals surface area (Å²) in [6.45, 7) is 4.15. The summed E-state index contributed by atoms with van der Waals surface area (Å²) in [5.41, 5.74) is 2.17.